The molecule has 2 aromatic rings. The number of nitrogen functional groups attached to an aromatic ring is 1. The summed E-state index contributed by atoms with van der Waals surface area (Å²) in [4.78, 5) is 14.6. The Kier molecular flexibility index (Phi) is 5.68. The lowest BCUT2D eigenvalue weighted by molar-refractivity contribution is -0.130. The van der Waals surface area contributed by atoms with Gasteiger partial charge in [0.1, 0.15) is 5.82 Å². The molecule has 0 saturated carbocycles. The third kappa shape index (κ3) is 4.24. The summed E-state index contributed by atoms with van der Waals surface area (Å²) in [7, 11) is 0. The molecule has 1 aliphatic heterocycles. The molecule has 2 heterocycles. The highest BCUT2D eigenvalue weighted by Crippen LogP contribution is 2.32. The van der Waals surface area contributed by atoms with E-state index in [1.807, 2.05) is 11.0 Å². The fraction of sp³-hybridized carbons (Fsp3) is 0.438. The number of amides is 1. The number of nitrogens with two attached hydrogens (primary N) is 1. The minimum Gasteiger partial charge on any atom is -0.374 e. The summed E-state index contributed by atoms with van der Waals surface area (Å²) in [6.07, 6.45) is 3.99. The van der Waals surface area contributed by atoms with Crippen LogP contribution in [0.4, 0.5) is 9.52 Å². The number of rotatable bonds is 4. The molecule has 1 aromatic carbocycles. The van der Waals surface area contributed by atoms with Crippen LogP contribution in [0.25, 0.3) is 0 Å². The first-order chi connectivity index (χ1) is 11.6. The van der Waals surface area contributed by atoms with Crippen molar-refractivity contribution in [1.82, 2.24) is 15.1 Å². The Balaban J connectivity index is 1.72. The van der Waals surface area contributed by atoms with Crippen molar-refractivity contribution < 1.29 is 9.18 Å². The maximum atomic E-state index is 13.6. The molecule has 0 aliphatic carbocycles. The van der Waals surface area contributed by atoms with Crippen molar-refractivity contribution in [2.24, 2.45) is 0 Å². The second kappa shape index (κ2) is 7.94. The summed E-state index contributed by atoms with van der Waals surface area (Å²) in [6.45, 7) is 0.707. The summed E-state index contributed by atoms with van der Waals surface area (Å²) in [5.41, 5.74) is 6.43. The highest BCUT2D eigenvalue weighted by atomic mass is 32.2. The molecule has 0 unspecified atom stereocenters. The van der Waals surface area contributed by atoms with Gasteiger partial charge in [0.05, 0.1) is 11.8 Å². The van der Waals surface area contributed by atoms with Gasteiger partial charge in [-0.1, -0.05) is 48.1 Å². The Morgan fingerprint density at radius 3 is 3.00 bits per heavy atom. The molecule has 128 valence electrons. The number of hydrogen-bond donors (Lipinski definition) is 1. The fourth-order valence-electron chi connectivity index (χ4n) is 2.95. The van der Waals surface area contributed by atoms with Gasteiger partial charge in [-0.2, -0.15) is 0 Å². The summed E-state index contributed by atoms with van der Waals surface area (Å²) < 4.78 is 14.3. The molecular formula is C16H19FN4OS2. The Bertz CT molecular complexity index is 709. The highest BCUT2D eigenvalue weighted by molar-refractivity contribution is 8.01. The van der Waals surface area contributed by atoms with Crippen LogP contribution in [0.3, 0.4) is 0 Å². The van der Waals surface area contributed by atoms with Crippen LogP contribution in [0.15, 0.2) is 28.6 Å². The maximum absolute atomic E-state index is 13.6. The van der Waals surface area contributed by atoms with Gasteiger partial charge in [-0.15, -0.1) is 10.2 Å². The molecule has 8 heteroatoms. The molecule has 3 rings (SSSR count). The molecule has 2 N–H and O–H groups in total. The number of carbonyl (C=O) groups excluding carboxylic acids is 1. The number of halogens is 1. The van der Waals surface area contributed by atoms with E-state index in [0.717, 1.165) is 31.2 Å². The van der Waals surface area contributed by atoms with Gasteiger partial charge in [0.2, 0.25) is 11.0 Å². The molecule has 0 bridgehead atoms. The van der Waals surface area contributed by atoms with Crippen molar-refractivity contribution in [3.63, 3.8) is 0 Å². The number of anilines is 1. The Hall–Kier alpha value is -1.67. The number of nitrogens with zero attached hydrogens (tertiary/aromatic N) is 3. The van der Waals surface area contributed by atoms with E-state index in [1.165, 1.54) is 35.2 Å². The molecule has 24 heavy (non-hydrogen) atoms. The van der Waals surface area contributed by atoms with Gasteiger partial charge in [0.25, 0.3) is 0 Å². The van der Waals surface area contributed by atoms with Gasteiger partial charge in [-0.25, -0.2) is 4.39 Å². The number of aromatic nitrogens is 2. The van der Waals surface area contributed by atoms with E-state index in [4.69, 9.17) is 5.73 Å². The van der Waals surface area contributed by atoms with E-state index in [-0.39, 0.29) is 17.8 Å². The SMILES string of the molecule is Nc1nnc(SCC(=O)N2CCCCC[C@@H]2c2cccc(F)c2)s1. The predicted octanol–water partition coefficient (Wildman–Crippen LogP) is 3.50. The normalized spacial score (nSPS) is 18.4. The molecule has 1 atom stereocenters. The molecule has 1 aliphatic rings. The van der Waals surface area contributed by atoms with Crippen LogP contribution in [0.1, 0.15) is 37.3 Å². The van der Waals surface area contributed by atoms with Crippen molar-refractivity contribution >= 4 is 34.1 Å². The van der Waals surface area contributed by atoms with Crippen LogP contribution in [0, 0.1) is 5.82 Å². The van der Waals surface area contributed by atoms with Crippen molar-refractivity contribution in [3.8, 4) is 0 Å². The predicted molar refractivity (Wildman–Crippen MR) is 94.4 cm³/mol. The number of benzene rings is 1. The fourth-order valence-corrected chi connectivity index (χ4v) is 4.47. The van der Waals surface area contributed by atoms with Crippen molar-refractivity contribution in [3.05, 3.63) is 35.6 Å². The van der Waals surface area contributed by atoms with Gasteiger partial charge < -0.3 is 10.6 Å². The van der Waals surface area contributed by atoms with Gasteiger partial charge in [-0.3, -0.25) is 4.79 Å². The van der Waals surface area contributed by atoms with Gasteiger partial charge in [0, 0.05) is 6.54 Å². The molecule has 1 aromatic heterocycles. The van der Waals surface area contributed by atoms with E-state index < -0.39 is 0 Å². The molecule has 0 radical (unpaired) electrons. The third-order valence-corrected chi connectivity index (χ3v) is 5.92. The standard InChI is InChI=1S/C16H19FN4OS2/c17-12-6-4-5-11(9-12)13-7-2-1-3-8-21(13)14(22)10-23-16-20-19-15(18)24-16/h4-6,9,13H,1-3,7-8,10H2,(H2,18,19)/t13-/m1/s1. The summed E-state index contributed by atoms with van der Waals surface area (Å²) in [5.74, 6) is 0.0771. The topological polar surface area (TPSA) is 72.1 Å². The quantitative estimate of drug-likeness (QED) is 0.839. The zero-order valence-corrected chi connectivity index (χ0v) is 14.8. The van der Waals surface area contributed by atoms with Crippen LogP contribution in [-0.2, 0) is 4.79 Å². The minimum atomic E-state index is -0.261. The largest absolute Gasteiger partial charge is 0.374 e. The second-order valence-electron chi connectivity index (χ2n) is 5.70. The summed E-state index contributed by atoms with van der Waals surface area (Å²) >= 11 is 2.63. The lowest BCUT2D eigenvalue weighted by Crippen LogP contribution is -2.36. The smallest absolute Gasteiger partial charge is 0.233 e. The average Bonchev–Trinajstić information content (AvgIpc) is 2.84. The summed E-state index contributed by atoms with van der Waals surface area (Å²) in [5, 5.41) is 8.08. The minimum absolute atomic E-state index is 0.0462. The first kappa shape index (κ1) is 17.2. The number of hydrogen-bond acceptors (Lipinski definition) is 6. The average molecular weight is 366 g/mol. The molecular weight excluding hydrogens is 347 g/mol. The Morgan fingerprint density at radius 1 is 1.38 bits per heavy atom. The lowest BCUT2D eigenvalue weighted by Gasteiger charge is -2.30. The van der Waals surface area contributed by atoms with Crippen LogP contribution in [0.5, 0.6) is 0 Å². The van der Waals surface area contributed by atoms with Crippen molar-refractivity contribution in [2.75, 3.05) is 18.0 Å². The number of thioether (sulfide) groups is 1. The molecule has 0 spiro atoms. The Labute approximate surface area is 148 Å². The summed E-state index contributed by atoms with van der Waals surface area (Å²) in [6, 6.07) is 6.52. The van der Waals surface area contributed by atoms with Crippen molar-refractivity contribution in [2.45, 2.75) is 36.1 Å². The molecule has 1 saturated heterocycles. The van der Waals surface area contributed by atoms with E-state index in [2.05, 4.69) is 10.2 Å². The van der Waals surface area contributed by atoms with E-state index in [9.17, 15) is 9.18 Å². The zero-order valence-electron chi connectivity index (χ0n) is 13.2. The van der Waals surface area contributed by atoms with Gasteiger partial charge >= 0.3 is 0 Å². The second-order valence-corrected chi connectivity index (χ2v) is 7.93. The number of carbonyl (C=O) groups is 1. The molecule has 1 fully saturated rings. The third-order valence-electron chi connectivity index (χ3n) is 4.05. The van der Waals surface area contributed by atoms with Gasteiger partial charge in [-0.05, 0) is 30.5 Å². The van der Waals surface area contributed by atoms with E-state index >= 15 is 0 Å². The monoisotopic (exact) mass is 366 g/mol. The first-order valence-electron chi connectivity index (χ1n) is 7.90. The van der Waals surface area contributed by atoms with E-state index in [1.54, 1.807) is 6.07 Å². The van der Waals surface area contributed by atoms with Crippen LogP contribution < -0.4 is 5.73 Å². The molecule has 1 amide bonds. The Morgan fingerprint density at radius 2 is 2.25 bits per heavy atom. The van der Waals surface area contributed by atoms with Crippen LogP contribution in [0.2, 0.25) is 0 Å². The first-order valence-corrected chi connectivity index (χ1v) is 9.70. The number of likely N-dealkylation sites (tertiary alicyclic amines) is 1. The van der Waals surface area contributed by atoms with Gasteiger partial charge in [0.15, 0.2) is 4.34 Å². The lowest BCUT2D eigenvalue weighted by atomic mass is 10.0. The van der Waals surface area contributed by atoms with Crippen LogP contribution >= 0.6 is 23.1 Å². The van der Waals surface area contributed by atoms with Crippen molar-refractivity contribution in [1.29, 1.82) is 0 Å². The molecule has 5 nitrogen and oxygen atoms in total. The van der Waals surface area contributed by atoms with Crippen LogP contribution in [-0.4, -0.2) is 33.3 Å². The zero-order chi connectivity index (χ0) is 16.9. The maximum Gasteiger partial charge on any atom is 0.233 e. The van der Waals surface area contributed by atoms with E-state index in [0.29, 0.717) is 21.8 Å². The highest BCUT2D eigenvalue weighted by Gasteiger charge is 2.27.